The molecule has 0 amide bonds. The predicted molar refractivity (Wildman–Crippen MR) is 171 cm³/mol. The van der Waals surface area contributed by atoms with Gasteiger partial charge in [0.15, 0.2) is 5.69 Å². The molecular weight excluding hydrogens is 518 g/mol. The minimum Gasteiger partial charge on any atom is -0.336 e. The first-order chi connectivity index (χ1) is 20.1. The van der Waals surface area contributed by atoms with Crippen molar-refractivity contribution in [1.29, 1.82) is 0 Å². The summed E-state index contributed by atoms with van der Waals surface area (Å²) in [5, 5.41) is 18.6. The molecule has 0 aliphatic carbocycles. The van der Waals surface area contributed by atoms with Gasteiger partial charge in [0, 0.05) is 25.1 Å². The van der Waals surface area contributed by atoms with Crippen LogP contribution in [0.3, 0.4) is 0 Å². The Hall–Kier alpha value is -3.80. The van der Waals surface area contributed by atoms with E-state index in [0.29, 0.717) is 12.8 Å². The molecule has 5 nitrogen and oxygen atoms in total. The molecule has 42 heavy (non-hydrogen) atoms. The highest BCUT2D eigenvalue weighted by molar-refractivity contribution is 6.19. The molecule has 1 unspecified atom stereocenters. The first-order valence-corrected chi connectivity index (χ1v) is 15.1. The first kappa shape index (κ1) is 27.1. The van der Waals surface area contributed by atoms with Gasteiger partial charge in [0.05, 0.1) is 16.3 Å². The summed E-state index contributed by atoms with van der Waals surface area (Å²) < 4.78 is 10.4. The van der Waals surface area contributed by atoms with Gasteiger partial charge in [-0.25, -0.2) is 0 Å². The van der Waals surface area contributed by atoms with E-state index in [4.69, 9.17) is 9.72 Å². The average Bonchev–Trinajstić information content (AvgIpc) is 3.28. The summed E-state index contributed by atoms with van der Waals surface area (Å²) in [6.45, 7) is 11.2. The monoisotopic (exact) mass is 558 g/mol. The maximum Gasteiger partial charge on any atom is 0.335 e. The molecule has 0 saturated heterocycles. The molecule has 0 spiro atoms. The second kappa shape index (κ2) is 9.10. The van der Waals surface area contributed by atoms with E-state index >= 15 is 0 Å². The van der Waals surface area contributed by atoms with Crippen LogP contribution in [0.15, 0.2) is 73.1 Å². The maximum absolute atomic E-state index is 12.7. The summed E-state index contributed by atoms with van der Waals surface area (Å²) in [7, 11) is 3.74. The summed E-state index contributed by atoms with van der Waals surface area (Å²) >= 11 is 0. The van der Waals surface area contributed by atoms with E-state index in [9.17, 15) is 5.11 Å². The zero-order chi connectivity index (χ0) is 29.6. The molecule has 0 fully saturated rings. The molecule has 4 aromatic carbocycles. The van der Waals surface area contributed by atoms with Crippen LogP contribution in [0.25, 0.3) is 54.7 Å². The second-order valence-corrected chi connectivity index (χ2v) is 13.2. The third kappa shape index (κ3) is 3.38. The number of aliphatic hydroxyl groups is 1. The molecule has 1 aliphatic rings. The standard InChI is InChI=1S/C37H40N3O2/c1-8-36(9-2)29-20-19-25-24(21-35(3,4)5)14-12-16-27(25)30(29)33-34-31(38-22-40(33)37(36,41)42-7)28-18-17-23-13-10-11-15-26(23)32(28)39(34)6/h10-20,22,41H,8-9,21H2,1-7H3/q+1. The fourth-order valence-corrected chi connectivity index (χ4v) is 7.96. The summed E-state index contributed by atoms with van der Waals surface area (Å²) in [5.74, 6) is -1.62. The molecule has 1 aliphatic heterocycles. The van der Waals surface area contributed by atoms with Gasteiger partial charge in [-0.05, 0) is 63.0 Å². The Balaban J connectivity index is 1.72. The number of nitrogens with zero attached hydrogens (tertiary/aromatic N) is 3. The van der Waals surface area contributed by atoms with Crippen LogP contribution in [0.2, 0.25) is 0 Å². The van der Waals surface area contributed by atoms with E-state index in [-0.39, 0.29) is 5.41 Å². The van der Waals surface area contributed by atoms with Gasteiger partial charge in [0.1, 0.15) is 5.52 Å². The topological polar surface area (TPSA) is 51.2 Å². The zero-order valence-electron chi connectivity index (χ0n) is 25.7. The van der Waals surface area contributed by atoms with Crippen molar-refractivity contribution in [2.75, 3.05) is 7.11 Å². The third-order valence-electron chi connectivity index (χ3n) is 9.88. The number of ether oxygens (including phenoxy) is 1. The van der Waals surface area contributed by atoms with Gasteiger partial charge >= 0.3 is 5.91 Å². The van der Waals surface area contributed by atoms with E-state index in [1.165, 1.54) is 27.1 Å². The Morgan fingerprint density at radius 1 is 0.857 bits per heavy atom. The van der Waals surface area contributed by atoms with Gasteiger partial charge in [-0.1, -0.05) is 95.3 Å². The van der Waals surface area contributed by atoms with Crippen molar-refractivity contribution in [3.63, 3.8) is 0 Å². The molecular formula is C37H40N3O2+. The number of fused-ring (bicyclic) bond motifs is 11. The number of rotatable bonds is 4. The fourth-order valence-electron chi connectivity index (χ4n) is 7.96. The number of hydrogen-bond acceptors (Lipinski definition) is 3. The number of benzene rings is 4. The summed E-state index contributed by atoms with van der Waals surface area (Å²) in [5.41, 5.74) is 7.12. The van der Waals surface area contributed by atoms with Crippen molar-refractivity contribution in [2.24, 2.45) is 12.5 Å². The molecule has 3 heterocycles. The molecule has 2 aromatic heterocycles. The Morgan fingerprint density at radius 3 is 2.29 bits per heavy atom. The fraction of sp³-hybridized carbons (Fsp3) is 0.351. The number of aromatic nitrogens is 3. The molecule has 1 atom stereocenters. The van der Waals surface area contributed by atoms with Gasteiger partial charge in [0.2, 0.25) is 5.52 Å². The van der Waals surface area contributed by atoms with E-state index in [1.54, 1.807) is 13.4 Å². The molecule has 6 aromatic rings. The van der Waals surface area contributed by atoms with Crippen molar-refractivity contribution >= 4 is 43.5 Å². The lowest BCUT2D eigenvalue weighted by Gasteiger charge is -2.47. The van der Waals surface area contributed by atoms with E-state index in [2.05, 4.69) is 113 Å². The lowest BCUT2D eigenvalue weighted by molar-refractivity contribution is -0.861. The van der Waals surface area contributed by atoms with E-state index in [1.807, 2.05) is 4.57 Å². The smallest absolute Gasteiger partial charge is 0.335 e. The second-order valence-electron chi connectivity index (χ2n) is 13.2. The van der Waals surface area contributed by atoms with Gasteiger partial charge in [0.25, 0.3) is 6.33 Å². The predicted octanol–water partition coefficient (Wildman–Crippen LogP) is 7.90. The van der Waals surface area contributed by atoms with Gasteiger partial charge in [-0.3, -0.25) is 0 Å². The van der Waals surface area contributed by atoms with Crippen LogP contribution in [0.1, 0.15) is 58.6 Å². The Bertz CT molecular complexity index is 2040. The highest BCUT2D eigenvalue weighted by Gasteiger charge is 2.61. The lowest BCUT2D eigenvalue weighted by atomic mass is 9.67. The minimum absolute atomic E-state index is 0.151. The van der Waals surface area contributed by atoms with Crippen LogP contribution in [0.4, 0.5) is 0 Å². The Labute approximate surface area is 247 Å². The zero-order valence-corrected chi connectivity index (χ0v) is 25.7. The number of aryl methyl sites for hydroxylation is 1. The van der Waals surface area contributed by atoms with Crippen LogP contribution in [0.5, 0.6) is 0 Å². The van der Waals surface area contributed by atoms with Crippen molar-refractivity contribution < 1.29 is 14.4 Å². The SMILES string of the molecule is CCC1(CC)c2ccc3c(CC(C)(C)C)cccc3c2-c2c3c(nc[n+]2C1(O)OC)c1ccc2ccccc2c1n3C. The summed E-state index contributed by atoms with van der Waals surface area (Å²) in [6.07, 6.45) is 4.19. The molecule has 5 heteroatoms. The minimum atomic E-state index is -1.62. The van der Waals surface area contributed by atoms with Crippen LogP contribution < -0.4 is 4.57 Å². The molecule has 7 rings (SSSR count). The highest BCUT2D eigenvalue weighted by Crippen LogP contribution is 2.53. The number of methoxy groups -OCH3 is 1. The quantitative estimate of drug-likeness (QED) is 0.177. The molecule has 0 saturated carbocycles. The van der Waals surface area contributed by atoms with E-state index in [0.717, 1.165) is 45.2 Å². The van der Waals surface area contributed by atoms with Crippen LogP contribution >= 0.6 is 0 Å². The normalized spacial score (nSPS) is 18.2. The molecule has 1 N–H and O–H groups in total. The van der Waals surface area contributed by atoms with Crippen molar-refractivity contribution in [1.82, 2.24) is 9.55 Å². The molecule has 214 valence electrons. The van der Waals surface area contributed by atoms with Crippen molar-refractivity contribution in [3.8, 4) is 11.3 Å². The lowest BCUT2D eigenvalue weighted by Crippen LogP contribution is -2.71. The average molecular weight is 559 g/mol. The third-order valence-corrected chi connectivity index (χ3v) is 9.88. The Morgan fingerprint density at radius 2 is 1.57 bits per heavy atom. The van der Waals surface area contributed by atoms with Crippen LogP contribution in [0, 0.1) is 5.41 Å². The molecule has 0 bridgehead atoms. The number of hydrogen-bond donors (Lipinski definition) is 1. The van der Waals surface area contributed by atoms with E-state index < -0.39 is 11.3 Å². The van der Waals surface area contributed by atoms with Gasteiger partial charge in [-0.15, -0.1) is 0 Å². The first-order valence-electron chi connectivity index (χ1n) is 15.1. The van der Waals surface area contributed by atoms with Crippen LogP contribution in [-0.4, -0.2) is 21.8 Å². The molecule has 0 radical (unpaired) electrons. The summed E-state index contributed by atoms with van der Waals surface area (Å²) in [4.78, 5) is 5.05. The van der Waals surface area contributed by atoms with Gasteiger partial charge < -0.3 is 14.4 Å². The highest BCUT2D eigenvalue weighted by atomic mass is 16.6. The Kier molecular flexibility index (Phi) is 5.86. The van der Waals surface area contributed by atoms with Crippen LogP contribution in [-0.2, 0) is 29.5 Å². The van der Waals surface area contributed by atoms with Crippen molar-refractivity contribution in [2.45, 2.75) is 65.2 Å². The maximum atomic E-state index is 12.7. The summed E-state index contributed by atoms with van der Waals surface area (Å²) in [6, 6.07) is 24.1. The largest absolute Gasteiger partial charge is 0.336 e. The van der Waals surface area contributed by atoms with Crippen molar-refractivity contribution in [3.05, 3.63) is 84.2 Å². The van der Waals surface area contributed by atoms with Gasteiger partial charge in [-0.2, -0.15) is 4.57 Å².